The lowest BCUT2D eigenvalue weighted by molar-refractivity contribution is -0.141. The molecule has 4 nitrogen and oxygen atoms in total. The molecule has 112 valence electrons. The van der Waals surface area contributed by atoms with Crippen molar-refractivity contribution >= 4 is 29.1 Å². The average molecular weight is 311 g/mol. The van der Waals surface area contributed by atoms with Crippen molar-refractivity contribution in [1.82, 2.24) is 4.90 Å². The van der Waals surface area contributed by atoms with Crippen LogP contribution in [0.2, 0.25) is 5.02 Å². The predicted octanol–water partition coefficient (Wildman–Crippen LogP) is 2.96. The molecule has 0 radical (unpaired) electrons. The monoisotopic (exact) mass is 310 g/mol. The number of anilines is 1. The summed E-state index contributed by atoms with van der Waals surface area (Å²) in [6.45, 7) is 0. The SMILES string of the molecule is O=C1CC(Nc2cccc(Cl)c2F)C(=O)N1C1CCCC1. The summed E-state index contributed by atoms with van der Waals surface area (Å²) in [5.74, 6) is -1.03. The molecule has 0 spiro atoms. The number of imide groups is 1. The molecule has 1 saturated carbocycles. The first-order valence-electron chi connectivity index (χ1n) is 7.14. The van der Waals surface area contributed by atoms with Gasteiger partial charge >= 0.3 is 0 Å². The van der Waals surface area contributed by atoms with E-state index in [1.807, 2.05) is 0 Å². The Bertz CT molecular complexity index is 587. The van der Waals surface area contributed by atoms with Gasteiger partial charge in [-0.15, -0.1) is 0 Å². The molecule has 1 heterocycles. The Kier molecular flexibility index (Phi) is 3.85. The molecule has 21 heavy (non-hydrogen) atoms. The van der Waals surface area contributed by atoms with Crippen LogP contribution in [0, 0.1) is 5.82 Å². The summed E-state index contributed by atoms with van der Waals surface area (Å²) in [5.41, 5.74) is 0.155. The summed E-state index contributed by atoms with van der Waals surface area (Å²) in [6, 6.07) is 3.86. The molecule has 1 atom stereocenters. The van der Waals surface area contributed by atoms with Gasteiger partial charge in [-0.2, -0.15) is 0 Å². The van der Waals surface area contributed by atoms with Gasteiger partial charge in [0.15, 0.2) is 5.82 Å². The van der Waals surface area contributed by atoms with Gasteiger partial charge in [-0.3, -0.25) is 14.5 Å². The Balaban J connectivity index is 1.76. The summed E-state index contributed by atoms with van der Waals surface area (Å²) in [4.78, 5) is 25.8. The fraction of sp³-hybridized carbons (Fsp3) is 0.467. The van der Waals surface area contributed by atoms with Gasteiger partial charge in [0.2, 0.25) is 5.91 Å². The van der Waals surface area contributed by atoms with E-state index < -0.39 is 11.9 Å². The summed E-state index contributed by atoms with van der Waals surface area (Å²) in [6.07, 6.45) is 3.90. The van der Waals surface area contributed by atoms with E-state index in [1.54, 1.807) is 6.07 Å². The number of nitrogens with zero attached hydrogens (tertiary/aromatic N) is 1. The third-order valence-corrected chi connectivity index (χ3v) is 4.45. The number of hydrogen-bond donors (Lipinski definition) is 1. The number of carbonyl (C=O) groups is 2. The van der Waals surface area contributed by atoms with Crippen LogP contribution >= 0.6 is 11.6 Å². The van der Waals surface area contributed by atoms with E-state index in [0.29, 0.717) is 0 Å². The van der Waals surface area contributed by atoms with Gasteiger partial charge in [-0.1, -0.05) is 30.5 Å². The largest absolute Gasteiger partial charge is 0.371 e. The molecule has 6 heteroatoms. The Hall–Kier alpha value is -1.62. The highest BCUT2D eigenvalue weighted by Gasteiger charge is 2.43. The highest BCUT2D eigenvalue weighted by atomic mass is 35.5. The lowest BCUT2D eigenvalue weighted by atomic mass is 10.2. The molecule has 3 rings (SSSR count). The lowest BCUT2D eigenvalue weighted by Gasteiger charge is -2.22. The number of likely N-dealkylation sites (tertiary alicyclic amines) is 1. The number of halogens is 2. The molecule has 2 fully saturated rings. The molecular formula is C15H16ClFN2O2. The number of hydrogen-bond acceptors (Lipinski definition) is 3. The first-order chi connectivity index (χ1) is 10.1. The van der Waals surface area contributed by atoms with Crippen molar-refractivity contribution < 1.29 is 14.0 Å². The van der Waals surface area contributed by atoms with E-state index in [9.17, 15) is 14.0 Å². The van der Waals surface area contributed by atoms with Gasteiger partial charge in [-0.25, -0.2) is 4.39 Å². The quantitative estimate of drug-likeness (QED) is 0.873. The topological polar surface area (TPSA) is 49.4 Å². The molecule has 1 unspecified atom stereocenters. The predicted molar refractivity (Wildman–Crippen MR) is 77.5 cm³/mol. The molecular weight excluding hydrogens is 295 g/mol. The van der Waals surface area contributed by atoms with Crippen LogP contribution in [0.1, 0.15) is 32.1 Å². The number of benzene rings is 1. The van der Waals surface area contributed by atoms with E-state index in [4.69, 9.17) is 11.6 Å². The summed E-state index contributed by atoms with van der Waals surface area (Å²) in [5, 5.41) is 2.80. The van der Waals surface area contributed by atoms with Gasteiger partial charge in [0.25, 0.3) is 5.91 Å². The van der Waals surface area contributed by atoms with Gasteiger partial charge in [-0.05, 0) is 25.0 Å². The van der Waals surface area contributed by atoms with Crippen LogP contribution in [-0.4, -0.2) is 28.8 Å². The van der Waals surface area contributed by atoms with Crippen LogP contribution < -0.4 is 5.32 Å². The van der Waals surface area contributed by atoms with Gasteiger partial charge < -0.3 is 5.32 Å². The molecule has 0 aromatic heterocycles. The van der Waals surface area contributed by atoms with Crippen LogP contribution in [0.4, 0.5) is 10.1 Å². The van der Waals surface area contributed by atoms with Gasteiger partial charge in [0, 0.05) is 6.04 Å². The molecule has 1 saturated heterocycles. The standard InChI is InChI=1S/C15H16ClFN2O2/c16-10-6-3-7-11(14(10)17)18-12-8-13(20)19(15(12)21)9-4-1-2-5-9/h3,6-7,9,12,18H,1-2,4-5,8H2. The van der Waals surface area contributed by atoms with Gasteiger partial charge in [0.05, 0.1) is 17.1 Å². The zero-order valence-corrected chi connectivity index (χ0v) is 12.2. The van der Waals surface area contributed by atoms with Crippen LogP contribution in [0.3, 0.4) is 0 Å². The minimum Gasteiger partial charge on any atom is -0.371 e. The maximum atomic E-state index is 13.9. The van der Waals surface area contributed by atoms with Crippen molar-refractivity contribution in [3.63, 3.8) is 0 Å². The Morgan fingerprint density at radius 1 is 1.24 bits per heavy atom. The Labute approximate surface area is 127 Å². The van der Waals surface area contributed by atoms with Crippen molar-refractivity contribution in [1.29, 1.82) is 0 Å². The van der Waals surface area contributed by atoms with Crippen LogP contribution in [-0.2, 0) is 9.59 Å². The molecule has 1 aromatic rings. The zero-order valence-electron chi connectivity index (χ0n) is 11.4. The van der Waals surface area contributed by atoms with Crippen LogP contribution in [0.5, 0.6) is 0 Å². The number of nitrogens with one attached hydrogen (secondary N) is 1. The van der Waals surface area contributed by atoms with Gasteiger partial charge in [0.1, 0.15) is 6.04 Å². The smallest absolute Gasteiger partial charge is 0.252 e. The van der Waals surface area contributed by atoms with E-state index >= 15 is 0 Å². The van der Waals surface area contributed by atoms with Crippen molar-refractivity contribution in [2.75, 3.05) is 5.32 Å². The van der Waals surface area contributed by atoms with E-state index in [0.717, 1.165) is 25.7 Å². The number of amides is 2. The first-order valence-corrected chi connectivity index (χ1v) is 7.52. The third-order valence-electron chi connectivity index (χ3n) is 4.15. The minimum absolute atomic E-state index is 0.00979. The maximum absolute atomic E-state index is 13.9. The second-order valence-corrected chi connectivity index (χ2v) is 5.95. The van der Waals surface area contributed by atoms with Crippen molar-refractivity contribution in [2.24, 2.45) is 0 Å². The normalized spacial score (nSPS) is 23.1. The van der Waals surface area contributed by atoms with Crippen molar-refractivity contribution in [3.8, 4) is 0 Å². The first kappa shape index (κ1) is 14.3. The highest BCUT2D eigenvalue weighted by Crippen LogP contribution is 2.30. The molecule has 0 bridgehead atoms. The molecule has 2 aliphatic rings. The van der Waals surface area contributed by atoms with Crippen LogP contribution in [0.15, 0.2) is 18.2 Å². The lowest BCUT2D eigenvalue weighted by Crippen LogP contribution is -2.41. The second-order valence-electron chi connectivity index (χ2n) is 5.54. The van der Waals surface area contributed by atoms with E-state index in [1.165, 1.54) is 17.0 Å². The van der Waals surface area contributed by atoms with Crippen molar-refractivity contribution in [2.45, 2.75) is 44.2 Å². The Morgan fingerprint density at radius 3 is 2.67 bits per heavy atom. The Morgan fingerprint density at radius 2 is 1.95 bits per heavy atom. The average Bonchev–Trinajstić information content (AvgIpc) is 3.04. The number of rotatable bonds is 3. The summed E-state index contributed by atoms with van der Waals surface area (Å²) < 4.78 is 13.9. The number of carbonyl (C=O) groups excluding carboxylic acids is 2. The molecule has 2 amide bonds. The highest BCUT2D eigenvalue weighted by molar-refractivity contribution is 6.31. The van der Waals surface area contributed by atoms with E-state index in [-0.39, 0.29) is 35.0 Å². The van der Waals surface area contributed by atoms with Crippen LogP contribution in [0.25, 0.3) is 0 Å². The molecule has 1 N–H and O–H groups in total. The third kappa shape index (κ3) is 2.62. The minimum atomic E-state index is -0.703. The fourth-order valence-corrected chi connectivity index (χ4v) is 3.29. The molecule has 1 aliphatic heterocycles. The summed E-state index contributed by atoms with van der Waals surface area (Å²) in [7, 11) is 0. The molecule has 1 aromatic carbocycles. The second kappa shape index (κ2) is 5.64. The van der Waals surface area contributed by atoms with Crippen molar-refractivity contribution in [3.05, 3.63) is 29.0 Å². The fourth-order valence-electron chi connectivity index (χ4n) is 3.11. The van der Waals surface area contributed by atoms with E-state index in [2.05, 4.69) is 5.32 Å². The molecule has 1 aliphatic carbocycles. The zero-order chi connectivity index (χ0) is 15.0. The maximum Gasteiger partial charge on any atom is 0.252 e. The summed E-state index contributed by atoms with van der Waals surface area (Å²) >= 11 is 5.72.